The van der Waals surface area contributed by atoms with Gasteiger partial charge in [-0.05, 0) is 40.6 Å². The van der Waals surface area contributed by atoms with Gasteiger partial charge in [0.05, 0.1) is 0 Å². The zero-order valence-electron chi connectivity index (χ0n) is 10.7. The molecule has 1 N–H and O–H groups in total. The van der Waals surface area contributed by atoms with Gasteiger partial charge in [0.15, 0.2) is 0 Å². The zero-order valence-corrected chi connectivity index (χ0v) is 12.3. The van der Waals surface area contributed by atoms with Crippen LogP contribution in [0.5, 0.6) is 0 Å². The van der Waals surface area contributed by atoms with Crippen LogP contribution in [0.2, 0.25) is 0 Å². The van der Waals surface area contributed by atoms with Crippen LogP contribution in [0.1, 0.15) is 45.4 Å². The molecule has 0 bridgehead atoms. The maximum absolute atomic E-state index is 4.53. The van der Waals surface area contributed by atoms with E-state index in [4.69, 9.17) is 0 Å². The first-order valence-electron chi connectivity index (χ1n) is 6.34. The summed E-state index contributed by atoms with van der Waals surface area (Å²) in [6.45, 7) is 7.53. The fraction of sp³-hybridized carbons (Fsp3) is 0.692. The molecule has 1 unspecified atom stereocenters. The molecule has 1 heterocycles. The molecule has 1 aliphatic carbocycles. The molecule has 94 valence electrons. The Kier molecular flexibility index (Phi) is 4.02. The Hall–Kier alpha value is -0.640. The maximum atomic E-state index is 4.53. The molecule has 3 nitrogen and oxygen atoms in total. The van der Waals surface area contributed by atoms with Crippen molar-refractivity contribution in [1.29, 1.82) is 0 Å². The molecule has 1 saturated carbocycles. The van der Waals surface area contributed by atoms with Crippen LogP contribution in [0.25, 0.3) is 0 Å². The SMILES string of the molecule is CC(C)c1nc(Br)cc(NCC(C)C2CC2)n1. The van der Waals surface area contributed by atoms with Crippen LogP contribution >= 0.6 is 15.9 Å². The lowest BCUT2D eigenvalue weighted by atomic mass is 10.1. The van der Waals surface area contributed by atoms with Gasteiger partial charge in [0, 0.05) is 18.5 Å². The summed E-state index contributed by atoms with van der Waals surface area (Å²) in [4.78, 5) is 8.91. The van der Waals surface area contributed by atoms with Crippen molar-refractivity contribution in [3.05, 3.63) is 16.5 Å². The van der Waals surface area contributed by atoms with Gasteiger partial charge in [0.1, 0.15) is 16.2 Å². The molecule has 1 atom stereocenters. The second-order valence-corrected chi connectivity index (χ2v) is 6.10. The Morgan fingerprint density at radius 3 is 2.65 bits per heavy atom. The normalized spacial score (nSPS) is 17.2. The van der Waals surface area contributed by atoms with Gasteiger partial charge in [-0.3, -0.25) is 0 Å². The third-order valence-corrected chi connectivity index (χ3v) is 3.67. The molecule has 2 rings (SSSR count). The van der Waals surface area contributed by atoms with E-state index in [-0.39, 0.29) is 0 Å². The van der Waals surface area contributed by atoms with Gasteiger partial charge in [-0.25, -0.2) is 9.97 Å². The standard InChI is InChI=1S/C13H20BrN3/c1-8(2)13-16-11(14)6-12(17-13)15-7-9(3)10-4-5-10/h6,8-10H,4-5,7H2,1-3H3,(H,15,16,17). The van der Waals surface area contributed by atoms with Crippen LogP contribution in [0.4, 0.5) is 5.82 Å². The monoisotopic (exact) mass is 297 g/mol. The second kappa shape index (κ2) is 5.34. The quantitative estimate of drug-likeness (QED) is 0.840. The van der Waals surface area contributed by atoms with Crippen molar-refractivity contribution in [2.24, 2.45) is 11.8 Å². The molecule has 0 saturated heterocycles. The summed E-state index contributed by atoms with van der Waals surface area (Å²) in [6.07, 6.45) is 2.79. The summed E-state index contributed by atoms with van der Waals surface area (Å²) in [6, 6.07) is 1.95. The van der Waals surface area contributed by atoms with Crippen LogP contribution in [-0.2, 0) is 0 Å². The first kappa shape index (κ1) is 12.8. The van der Waals surface area contributed by atoms with Gasteiger partial charge >= 0.3 is 0 Å². The van der Waals surface area contributed by atoms with Gasteiger partial charge in [0.2, 0.25) is 0 Å². The van der Waals surface area contributed by atoms with Crippen molar-refractivity contribution >= 4 is 21.7 Å². The molecule has 1 aromatic heterocycles. The highest BCUT2D eigenvalue weighted by atomic mass is 79.9. The lowest BCUT2D eigenvalue weighted by Gasteiger charge is -2.13. The summed E-state index contributed by atoms with van der Waals surface area (Å²) < 4.78 is 0.859. The Bertz CT molecular complexity index is 388. The number of nitrogens with one attached hydrogen (secondary N) is 1. The Morgan fingerprint density at radius 2 is 2.06 bits per heavy atom. The van der Waals surface area contributed by atoms with Gasteiger partial charge in [-0.1, -0.05) is 20.8 Å². The van der Waals surface area contributed by atoms with Crippen molar-refractivity contribution in [1.82, 2.24) is 9.97 Å². The van der Waals surface area contributed by atoms with E-state index in [0.29, 0.717) is 5.92 Å². The third-order valence-electron chi connectivity index (χ3n) is 3.26. The zero-order chi connectivity index (χ0) is 12.4. The minimum Gasteiger partial charge on any atom is -0.370 e. The van der Waals surface area contributed by atoms with Gasteiger partial charge in [-0.15, -0.1) is 0 Å². The smallest absolute Gasteiger partial charge is 0.134 e. The van der Waals surface area contributed by atoms with Crippen LogP contribution in [-0.4, -0.2) is 16.5 Å². The van der Waals surface area contributed by atoms with Crippen molar-refractivity contribution in [3.63, 3.8) is 0 Å². The molecule has 17 heavy (non-hydrogen) atoms. The molecule has 0 aliphatic heterocycles. The summed E-state index contributed by atoms with van der Waals surface area (Å²) in [7, 11) is 0. The minimum atomic E-state index is 0.355. The number of nitrogens with zero attached hydrogens (tertiary/aromatic N) is 2. The lowest BCUT2D eigenvalue weighted by Crippen LogP contribution is -2.14. The average Bonchev–Trinajstić information content (AvgIpc) is 3.08. The third kappa shape index (κ3) is 3.66. The Balaban J connectivity index is 1.99. The van der Waals surface area contributed by atoms with E-state index in [2.05, 4.69) is 52.0 Å². The van der Waals surface area contributed by atoms with Gasteiger partial charge < -0.3 is 5.32 Å². The highest BCUT2D eigenvalue weighted by molar-refractivity contribution is 9.10. The largest absolute Gasteiger partial charge is 0.370 e. The van der Waals surface area contributed by atoms with Crippen molar-refractivity contribution in [2.45, 2.75) is 39.5 Å². The molecule has 0 aromatic carbocycles. The first-order chi connectivity index (χ1) is 8.06. The van der Waals surface area contributed by atoms with E-state index in [0.717, 1.165) is 34.6 Å². The van der Waals surface area contributed by atoms with E-state index < -0.39 is 0 Å². The van der Waals surface area contributed by atoms with Gasteiger partial charge in [-0.2, -0.15) is 0 Å². The molecular weight excluding hydrogens is 278 g/mol. The fourth-order valence-corrected chi connectivity index (χ4v) is 2.28. The summed E-state index contributed by atoms with van der Waals surface area (Å²) in [5, 5.41) is 3.42. The predicted molar refractivity (Wildman–Crippen MR) is 74.2 cm³/mol. The topological polar surface area (TPSA) is 37.8 Å². The Morgan fingerprint density at radius 1 is 1.35 bits per heavy atom. The summed E-state index contributed by atoms with van der Waals surface area (Å²) in [5.41, 5.74) is 0. The van der Waals surface area contributed by atoms with E-state index in [9.17, 15) is 0 Å². The number of halogens is 1. The van der Waals surface area contributed by atoms with E-state index >= 15 is 0 Å². The molecule has 0 spiro atoms. The molecule has 4 heteroatoms. The number of anilines is 1. The molecular formula is C13H20BrN3. The molecule has 0 amide bonds. The lowest BCUT2D eigenvalue weighted by molar-refractivity contribution is 0.535. The first-order valence-corrected chi connectivity index (χ1v) is 7.14. The van der Waals surface area contributed by atoms with E-state index in [1.807, 2.05) is 6.07 Å². The highest BCUT2D eigenvalue weighted by Gasteiger charge is 2.27. The highest BCUT2D eigenvalue weighted by Crippen LogP contribution is 2.36. The molecule has 1 aromatic rings. The molecule has 1 aliphatic rings. The Labute approximate surface area is 112 Å². The van der Waals surface area contributed by atoms with Gasteiger partial charge in [0.25, 0.3) is 0 Å². The van der Waals surface area contributed by atoms with Crippen LogP contribution in [0.15, 0.2) is 10.7 Å². The second-order valence-electron chi connectivity index (χ2n) is 5.28. The van der Waals surface area contributed by atoms with E-state index in [1.54, 1.807) is 0 Å². The molecule has 0 radical (unpaired) electrons. The maximum Gasteiger partial charge on any atom is 0.134 e. The predicted octanol–water partition coefficient (Wildman–Crippen LogP) is 3.82. The van der Waals surface area contributed by atoms with E-state index in [1.165, 1.54) is 12.8 Å². The summed E-state index contributed by atoms with van der Waals surface area (Å²) in [5.74, 6) is 3.85. The number of rotatable bonds is 5. The van der Waals surface area contributed by atoms with Crippen LogP contribution < -0.4 is 5.32 Å². The minimum absolute atomic E-state index is 0.355. The van der Waals surface area contributed by atoms with Crippen molar-refractivity contribution in [3.8, 4) is 0 Å². The summed E-state index contributed by atoms with van der Waals surface area (Å²) >= 11 is 3.44. The average molecular weight is 298 g/mol. The number of aromatic nitrogens is 2. The molecule has 1 fully saturated rings. The van der Waals surface area contributed by atoms with Crippen LogP contribution in [0, 0.1) is 11.8 Å². The fourth-order valence-electron chi connectivity index (χ4n) is 1.88. The van der Waals surface area contributed by atoms with Crippen molar-refractivity contribution in [2.75, 3.05) is 11.9 Å². The number of hydrogen-bond donors (Lipinski definition) is 1. The van der Waals surface area contributed by atoms with Crippen molar-refractivity contribution < 1.29 is 0 Å². The van der Waals surface area contributed by atoms with Crippen LogP contribution in [0.3, 0.4) is 0 Å². The number of hydrogen-bond acceptors (Lipinski definition) is 3.